The molecule has 1 aliphatic heterocycles. The Bertz CT molecular complexity index is 1580. The summed E-state index contributed by atoms with van der Waals surface area (Å²) >= 11 is 0. The Morgan fingerprint density at radius 1 is 0.977 bits per heavy atom. The molecule has 2 aromatic carbocycles. The molecule has 2 aromatic heterocycles. The molecule has 0 unspecified atom stereocenters. The van der Waals surface area contributed by atoms with Crippen molar-refractivity contribution in [1.29, 1.82) is 0 Å². The van der Waals surface area contributed by atoms with Crippen LogP contribution in [0.2, 0.25) is 0 Å². The van der Waals surface area contributed by atoms with Crippen LogP contribution >= 0.6 is 0 Å². The molecule has 2 fully saturated rings. The summed E-state index contributed by atoms with van der Waals surface area (Å²) in [5, 5.41) is 3.59. The summed E-state index contributed by atoms with van der Waals surface area (Å²) in [5.41, 5.74) is 1.34. The van der Waals surface area contributed by atoms with Crippen molar-refractivity contribution in [2.45, 2.75) is 44.1 Å². The van der Waals surface area contributed by atoms with Crippen LogP contribution in [0.1, 0.15) is 44.5 Å². The number of ether oxygens (including phenoxy) is 2. The third kappa shape index (κ3) is 5.73. The molecule has 0 atom stereocenters. The first-order valence-electron chi connectivity index (χ1n) is 14.7. The summed E-state index contributed by atoms with van der Waals surface area (Å²) < 4.78 is 41.7. The second kappa shape index (κ2) is 11.6. The fourth-order valence-corrected chi connectivity index (χ4v) is 5.90. The number of imidazole rings is 1. The summed E-state index contributed by atoms with van der Waals surface area (Å²) in [4.78, 5) is 22.5. The zero-order chi connectivity index (χ0) is 30.2. The van der Waals surface area contributed by atoms with E-state index >= 15 is 0 Å². The van der Waals surface area contributed by atoms with Gasteiger partial charge in [0.25, 0.3) is 6.43 Å². The van der Waals surface area contributed by atoms with Crippen molar-refractivity contribution in [3.05, 3.63) is 59.9 Å². The second-order valence-electron chi connectivity index (χ2n) is 11.9. The van der Waals surface area contributed by atoms with Gasteiger partial charge in [-0.15, -0.1) is 0 Å². The van der Waals surface area contributed by atoms with Crippen LogP contribution in [-0.2, 0) is 10.2 Å². The summed E-state index contributed by atoms with van der Waals surface area (Å²) in [7, 11) is 4.05. The molecule has 1 saturated heterocycles. The third-order valence-electron chi connectivity index (χ3n) is 8.46. The highest BCUT2D eigenvalue weighted by Gasteiger charge is 2.57. The van der Waals surface area contributed by atoms with Crippen LogP contribution in [0, 0.1) is 0 Å². The maximum Gasteiger partial charge on any atom is 0.296 e. The first kappa shape index (κ1) is 29.2. The largest absolute Gasteiger partial charge is 0.492 e. The second-order valence-corrected chi connectivity index (χ2v) is 11.9. The number of fused-ring (bicyclic) bond motifs is 1. The smallest absolute Gasteiger partial charge is 0.296 e. The van der Waals surface area contributed by atoms with Crippen molar-refractivity contribution >= 4 is 22.9 Å². The number of likely N-dealkylation sites (N-methyl/N-ethyl adjacent to an activating group) is 1. The van der Waals surface area contributed by atoms with Crippen molar-refractivity contribution in [3.8, 4) is 11.7 Å². The standard InChI is InChI=1S/C31H38F2N8O2/c1-30(2,31(13-14-31)21-9-5-8-12-24(21)43-20-15-39(3)4)38-27-35-28(40-16-18-42-19-17-40)37-29(36-27)41-23-11-7-6-10-22(23)34-26(41)25(32)33/h5-12,25H,13-20H2,1-4H3,(H,35,36,37,38). The third-order valence-corrected chi connectivity index (χ3v) is 8.46. The van der Waals surface area contributed by atoms with E-state index in [4.69, 9.17) is 24.4 Å². The van der Waals surface area contributed by atoms with Crippen molar-refractivity contribution in [2.75, 3.05) is 63.8 Å². The van der Waals surface area contributed by atoms with Gasteiger partial charge in [-0.2, -0.15) is 15.0 Å². The number of rotatable bonds is 11. The van der Waals surface area contributed by atoms with Crippen LogP contribution in [-0.4, -0.2) is 88.5 Å². The molecule has 43 heavy (non-hydrogen) atoms. The predicted octanol–water partition coefficient (Wildman–Crippen LogP) is 4.85. The minimum atomic E-state index is -2.82. The zero-order valence-electron chi connectivity index (χ0n) is 25.1. The van der Waals surface area contributed by atoms with E-state index in [0.717, 1.165) is 30.7 Å². The Labute approximate surface area is 250 Å². The topological polar surface area (TPSA) is 93.5 Å². The predicted molar refractivity (Wildman–Crippen MR) is 162 cm³/mol. The van der Waals surface area contributed by atoms with Crippen molar-refractivity contribution < 1.29 is 18.3 Å². The van der Waals surface area contributed by atoms with Gasteiger partial charge in [0.15, 0.2) is 5.82 Å². The van der Waals surface area contributed by atoms with Crippen LogP contribution in [0.5, 0.6) is 5.75 Å². The molecule has 10 nitrogen and oxygen atoms in total. The van der Waals surface area contributed by atoms with Gasteiger partial charge >= 0.3 is 0 Å². The Hall–Kier alpha value is -3.90. The highest BCUT2D eigenvalue weighted by atomic mass is 19.3. The Morgan fingerprint density at radius 3 is 2.40 bits per heavy atom. The molecule has 0 spiro atoms. The van der Waals surface area contributed by atoms with Gasteiger partial charge in [0.2, 0.25) is 17.8 Å². The van der Waals surface area contributed by atoms with E-state index in [1.165, 1.54) is 4.57 Å². The average molecular weight is 593 g/mol. The lowest BCUT2D eigenvalue weighted by atomic mass is 9.78. The number of nitrogens with one attached hydrogen (secondary N) is 1. The van der Waals surface area contributed by atoms with Gasteiger partial charge in [-0.25, -0.2) is 13.8 Å². The molecule has 6 rings (SSSR count). The van der Waals surface area contributed by atoms with E-state index in [-0.39, 0.29) is 11.4 Å². The lowest BCUT2D eigenvalue weighted by Gasteiger charge is -2.37. The molecule has 4 aromatic rings. The molecule has 3 heterocycles. The minimum absolute atomic E-state index is 0.0936. The minimum Gasteiger partial charge on any atom is -0.492 e. The monoisotopic (exact) mass is 592 g/mol. The van der Waals surface area contributed by atoms with Crippen LogP contribution in [0.3, 0.4) is 0 Å². The Morgan fingerprint density at radius 2 is 1.67 bits per heavy atom. The van der Waals surface area contributed by atoms with Crippen molar-refractivity contribution in [3.63, 3.8) is 0 Å². The molecule has 1 N–H and O–H groups in total. The molecular formula is C31H38F2N8O2. The van der Waals surface area contributed by atoms with Gasteiger partial charge < -0.3 is 24.6 Å². The van der Waals surface area contributed by atoms with E-state index in [0.29, 0.717) is 55.8 Å². The average Bonchev–Trinajstić information content (AvgIpc) is 3.72. The lowest BCUT2D eigenvalue weighted by molar-refractivity contribution is 0.122. The van der Waals surface area contributed by atoms with Gasteiger partial charge in [-0.3, -0.25) is 4.57 Å². The normalized spacial score (nSPS) is 16.7. The number of halogens is 2. The van der Waals surface area contributed by atoms with Gasteiger partial charge in [0, 0.05) is 36.2 Å². The number of para-hydroxylation sites is 3. The lowest BCUT2D eigenvalue weighted by Crippen LogP contribution is -2.45. The van der Waals surface area contributed by atoms with Crippen molar-refractivity contribution in [1.82, 2.24) is 29.4 Å². The number of aromatic nitrogens is 5. The molecule has 0 radical (unpaired) electrons. The fraction of sp³-hybridized carbons (Fsp3) is 0.484. The van der Waals surface area contributed by atoms with Crippen molar-refractivity contribution in [2.24, 2.45) is 0 Å². The summed E-state index contributed by atoms with van der Waals surface area (Å²) in [5.74, 6) is 1.27. The molecule has 1 aliphatic carbocycles. The van der Waals surface area contributed by atoms with Crippen LogP contribution in [0.15, 0.2) is 48.5 Å². The first-order chi connectivity index (χ1) is 20.7. The van der Waals surface area contributed by atoms with Crippen LogP contribution in [0.25, 0.3) is 17.0 Å². The molecule has 0 bridgehead atoms. The Balaban J connectivity index is 1.40. The fourth-order valence-electron chi connectivity index (χ4n) is 5.90. The molecule has 12 heteroatoms. The number of hydrogen-bond donors (Lipinski definition) is 1. The number of nitrogens with zero attached hydrogens (tertiary/aromatic N) is 7. The maximum absolute atomic E-state index is 14.3. The highest BCUT2D eigenvalue weighted by Crippen LogP contribution is 2.58. The quantitative estimate of drug-likeness (QED) is 0.262. The molecule has 1 saturated carbocycles. The first-order valence-corrected chi connectivity index (χ1v) is 14.7. The number of alkyl halides is 2. The summed E-state index contributed by atoms with van der Waals surface area (Å²) in [6.45, 7) is 7.87. The SMILES string of the molecule is CN(C)CCOc1ccccc1C1(C(C)(C)Nc2nc(N3CCOCC3)nc(-n3c(C(F)F)nc4ccccc43)n2)CC1. The summed E-state index contributed by atoms with van der Waals surface area (Å²) in [6.07, 6.45) is -0.906. The van der Waals surface area contributed by atoms with E-state index in [2.05, 4.69) is 35.1 Å². The van der Waals surface area contributed by atoms with E-state index in [1.54, 1.807) is 24.3 Å². The van der Waals surface area contributed by atoms with Gasteiger partial charge in [-0.1, -0.05) is 30.3 Å². The van der Waals surface area contributed by atoms with Gasteiger partial charge in [-0.05, 0) is 59.0 Å². The summed E-state index contributed by atoms with van der Waals surface area (Å²) in [6, 6.07) is 15.2. The molecule has 0 amide bonds. The van der Waals surface area contributed by atoms with Gasteiger partial charge in [0.1, 0.15) is 12.4 Å². The van der Waals surface area contributed by atoms with Gasteiger partial charge in [0.05, 0.1) is 24.2 Å². The van der Waals surface area contributed by atoms with E-state index < -0.39 is 17.8 Å². The molecule has 2 aliphatic rings. The zero-order valence-corrected chi connectivity index (χ0v) is 25.1. The number of benzene rings is 2. The van der Waals surface area contributed by atoms with Crippen LogP contribution < -0.4 is 15.0 Å². The van der Waals surface area contributed by atoms with E-state index in [1.807, 2.05) is 37.2 Å². The number of anilines is 2. The molecular weight excluding hydrogens is 554 g/mol. The number of hydrogen-bond acceptors (Lipinski definition) is 9. The van der Waals surface area contributed by atoms with E-state index in [9.17, 15) is 8.78 Å². The maximum atomic E-state index is 14.3. The molecule has 228 valence electrons. The Kier molecular flexibility index (Phi) is 7.91. The highest BCUT2D eigenvalue weighted by molar-refractivity contribution is 5.77. The number of morpholine rings is 1. The van der Waals surface area contributed by atoms with Crippen LogP contribution in [0.4, 0.5) is 20.7 Å².